The molecule has 2 aliphatic heterocycles. The van der Waals surface area contributed by atoms with E-state index in [1.54, 1.807) is 0 Å². The van der Waals surface area contributed by atoms with Gasteiger partial charge in [-0.15, -0.1) is 11.8 Å². The van der Waals surface area contributed by atoms with Crippen LogP contribution in [0.5, 0.6) is 0 Å². The Hall–Kier alpha value is -1.00. The van der Waals surface area contributed by atoms with Crippen LogP contribution in [0.3, 0.4) is 0 Å². The molecule has 1 aromatic rings. The maximum absolute atomic E-state index is 12.5. The van der Waals surface area contributed by atoms with Crippen LogP contribution in [0.1, 0.15) is 0 Å². The van der Waals surface area contributed by atoms with E-state index >= 15 is 0 Å². The van der Waals surface area contributed by atoms with Crippen LogP contribution in [0.25, 0.3) is 0 Å². The zero-order valence-electron chi connectivity index (χ0n) is 10.1. The van der Waals surface area contributed by atoms with Crippen LogP contribution in [-0.4, -0.2) is 43.3 Å². The lowest BCUT2D eigenvalue weighted by atomic mass is 10.3. The molecule has 1 unspecified atom stereocenters. The van der Waals surface area contributed by atoms with Gasteiger partial charge in [-0.3, -0.25) is 14.3 Å². The summed E-state index contributed by atoms with van der Waals surface area (Å²) in [4.78, 5) is 10.5. The summed E-state index contributed by atoms with van der Waals surface area (Å²) >= 11 is 1.42. The lowest BCUT2D eigenvalue weighted by molar-refractivity contribution is -0.384. The van der Waals surface area contributed by atoms with Crippen molar-refractivity contribution in [3.63, 3.8) is 0 Å². The number of hydrogen-bond acceptors (Lipinski definition) is 7. The van der Waals surface area contributed by atoms with Crippen molar-refractivity contribution in [2.75, 3.05) is 5.75 Å². The summed E-state index contributed by atoms with van der Waals surface area (Å²) in [6.45, 7) is 0. The summed E-state index contributed by atoms with van der Waals surface area (Å²) in [5.41, 5.74) is -0.0532. The second-order valence-corrected chi connectivity index (χ2v) is 7.35. The Balaban J connectivity index is 1.80. The van der Waals surface area contributed by atoms with Crippen molar-refractivity contribution in [3.05, 3.63) is 34.4 Å². The third kappa shape index (κ3) is 2.47. The highest BCUT2D eigenvalue weighted by Gasteiger charge is 2.47. The van der Waals surface area contributed by atoms with E-state index in [2.05, 4.69) is 0 Å². The summed E-state index contributed by atoms with van der Waals surface area (Å²) in [5.74, 6) is 0.497. The molecule has 7 nitrogen and oxygen atoms in total. The van der Waals surface area contributed by atoms with Crippen molar-refractivity contribution in [2.45, 2.75) is 28.2 Å². The number of thioether (sulfide) groups is 1. The molecule has 0 spiro atoms. The SMILES string of the molecule is O=[N+]([O-])c1ccc(S(=O)[C@@H]2SC[C@@H]3O[C@H]2[C@@H](O)O3)cc1. The fourth-order valence-electron chi connectivity index (χ4n) is 2.07. The summed E-state index contributed by atoms with van der Waals surface area (Å²) < 4.78 is 22.6. The molecule has 0 aliphatic carbocycles. The minimum absolute atomic E-state index is 0.0532. The fraction of sp³-hybridized carbons (Fsp3) is 0.455. The van der Waals surface area contributed by atoms with Crippen LogP contribution < -0.4 is 0 Å². The van der Waals surface area contributed by atoms with Gasteiger partial charge in [-0.1, -0.05) is 0 Å². The summed E-state index contributed by atoms with van der Waals surface area (Å²) in [7, 11) is -1.44. The predicted octanol–water partition coefficient (Wildman–Crippen LogP) is 0.835. The monoisotopic (exact) mass is 317 g/mol. The molecule has 108 valence electrons. The van der Waals surface area contributed by atoms with E-state index < -0.39 is 39.0 Å². The Bertz CT molecular complexity index is 550. The van der Waals surface area contributed by atoms with Gasteiger partial charge in [0.15, 0.2) is 12.6 Å². The van der Waals surface area contributed by atoms with Crippen LogP contribution in [0.4, 0.5) is 5.69 Å². The highest BCUT2D eigenvalue weighted by molar-refractivity contribution is 8.11. The lowest BCUT2D eigenvalue weighted by Gasteiger charge is -2.26. The third-order valence-electron chi connectivity index (χ3n) is 3.04. The second-order valence-electron chi connectivity index (χ2n) is 4.31. The maximum atomic E-state index is 12.5. The Morgan fingerprint density at radius 1 is 1.35 bits per heavy atom. The molecule has 2 saturated heterocycles. The molecule has 0 saturated carbocycles. The van der Waals surface area contributed by atoms with Crippen molar-refractivity contribution >= 4 is 28.2 Å². The number of aliphatic hydroxyl groups is 1. The molecule has 1 N–H and O–H groups in total. The zero-order valence-corrected chi connectivity index (χ0v) is 11.7. The van der Waals surface area contributed by atoms with Crippen molar-refractivity contribution in [1.29, 1.82) is 0 Å². The first kappa shape index (κ1) is 14.0. The molecule has 1 aromatic carbocycles. The molecule has 0 radical (unpaired) electrons. The van der Waals surface area contributed by atoms with Crippen molar-refractivity contribution < 1.29 is 23.7 Å². The van der Waals surface area contributed by atoms with Gasteiger partial charge in [0.05, 0.1) is 15.7 Å². The van der Waals surface area contributed by atoms with E-state index in [1.807, 2.05) is 0 Å². The molecule has 0 amide bonds. The van der Waals surface area contributed by atoms with Gasteiger partial charge in [0, 0.05) is 22.8 Å². The van der Waals surface area contributed by atoms with E-state index in [0.29, 0.717) is 10.6 Å². The molecule has 20 heavy (non-hydrogen) atoms. The summed E-state index contributed by atoms with van der Waals surface area (Å²) in [6.07, 6.45) is -2.18. The molecular formula is C11H11NO6S2. The number of benzene rings is 1. The van der Waals surface area contributed by atoms with Crippen LogP contribution in [0.2, 0.25) is 0 Å². The molecule has 5 atom stereocenters. The first-order chi connectivity index (χ1) is 9.56. The molecule has 9 heteroatoms. The van der Waals surface area contributed by atoms with Gasteiger partial charge >= 0.3 is 0 Å². The number of nitrogens with zero attached hydrogens (tertiary/aromatic N) is 1. The Labute approximate surface area is 120 Å². The summed E-state index contributed by atoms with van der Waals surface area (Å²) in [6, 6.07) is 5.55. The highest BCUT2D eigenvalue weighted by Crippen LogP contribution is 2.38. The quantitative estimate of drug-likeness (QED) is 0.651. The van der Waals surface area contributed by atoms with Gasteiger partial charge in [0.2, 0.25) is 0 Å². The number of aliphatic hydroxyl groups excluding tert-OH is 1. The Kier molecular flexibility index (Phi) is 3.78. The number of fused-ring (bicyclic) bond motifs is 2. The number of non-ortho nitro benzene ring substituents is 1. The number of nitro groups is 1. The topological polar surface area (TPSA) is 98.9 Å². The standard InChI is InChI=1S/C11H11NO6S2/c13-10-9-11(19-5-8(17-9)18-10)20(16)7-3-1-6(2-4-7)12(14)15/h1-4,8-11,13H,5H2/t8-,9+,10+,11+,20?/m1/s1. The van der Waals surface area contributed by atoms with Crippen LogP contribution >= 0.6 is 11.8 Å². The predicted molar refractivity (Wildman–Crippen MR) is 71.5 cm³/mol. The largest absolute Gasteiger partial charge is 0.366 e. The molecule has 3 rings (SSSR count). The third-order valence-corrected chi connectivity index (χ3v) is 6.46. The fourth-order valence-corrected chi connectivity index (χ4v) is 5.14. The summed E-state index contributed by atoms with van der Waals surface area (Å²) in [5, 5.41) is 20.3. The normalized spacial score (nSPS) is 33.9. The van der Waals surface area contributed by atoms with Crippen LogP contribution in [0, 0.1) is 10.1 Å². The van der Waals surface area contributed by atoms with Gasteiger partial charge in [0.25, 0.3) is 5.69 Å². The molecule has 2 heterocycles. The van der Waals surface area contributed by atoms with E-state index in [-0.39, 0.29) is 5.69 Å². The number of ether oxygens (including phenoxy) is 2. The van der Waals surface area contributed by atoms with Gasteiger partial charge in [-0.25, -0.2) is 0 Å². The minimum atomic E-state index is -1.44. The average molecular weight is 317 g/mol. The Morgan fingerprint density at radius 2 is 2.05 bits per heavy atom. The average Bonchev–Trinajstić information content (AvgIpc) is 2.74. The van der Waals surface area contributed by atoms with Gasteiger partial charge in [0.1, 0.15) is 10.7 Å². The number of hydrogen-bond donors (Lipinski definition) is 1. The maximum Gasteiger partial charge on any atom is 0.269 e. The number of nitro benzene ring substituents is 1. The smallest absolute Gasteiger partial charge is 0.269 e. The number of rotatable bonds is 3. The first-order valence-electron chi connectivity index (χ1n) is 5.82. The van der Waals surface area contributed by atoms with Crippen LogP contribution in [0.15, 0.2) is 29.2 Å². The highest BCUT2D eigenvalue weighted by atomic mass is 32.2. The van der Waals surface area contributed by atoms with Crippen molar-refractivity contribution in [2.24, 2.45) is 0 Å². The van der Waals surface area contributed by atoms with E-state index in [4.69, 9.17) is 9.47 Å². The van der Waals surface area contributed by atoms with Gasteiger partial charge in [-0.05, 0) is 12.1 Å². The van der Waals surface area contributed by atoms with Crippen molar-refractivity contribution in [1.82, 2.24) is 0 Å². The second kappa shape index (κ2) is 5.41. The molecule has 2 aliphatic rings. The van der Waals surface area contributed by atoms with Crippen molar-refractivity contribution in [3.8, 4) is 0 Å². The van der Waals surface area contributed by atoms with Gasteiger partial charge in [-0.2, -0.15) is 0 Å². The zero-order chi connectivity index (χ0) is 14.3. The molecule has 2 fully saturated rings. The van der Waals surface area contributed by atoms with E-state index in [0.717, 1.165) is 0 Å². The van der Waals surface area contributed by atoms with E-state index in [9.17, 15) is 19.4 Å². The first-order valence-corrected chi connectivity index (χ1v) is 8.08. The lowest BCUT2D eigenvalue weighted by Crippen LogP contribution is -2.38. The Morgan fingerprint density at radius 3 is 2.70 bits per heavy atom. The minimum Gasteiger partial charge on any atom is -0.366 e. The molecule has 2 bridgehead atoms. The molecular weight excluding hydrogens is 306 g/mol. The van der Waals surface area contributed by atoms with Gasteiger partial charge < -0.3 is 14.6 Å². The van der Waals surface area contributed by atoms with E-state index in [1.165, 1.54) is 36.0 Å². The van der Waals surface area contributed by atoms with Crippen LogP contribution in [-0.2, 0) is 20.3 Å². The molecule has 0 aromatic heterocycles.